The van der Waals surface area contributed by atoms with E-state index in [-0.39, 0.29) is 6.04 Å². The van der Waals surface area contributed by atoms with Gasteiger partial charge in [0.15, 0.2) is 0 Å². The van der Waals surface area contributed by atoms with Gasteiger partial charge in [0.2, 0.25) is 0 Å². The van der Waals surface area contributed by atoms with Crippen molar-refractivity contribution in [2.24, 2.45) is 0 Å². The van der Waals surface area contributed by atoms with Crippen LogP contribution in [0.4, 0.5) is 5.82 Å². The molecule has 0 aliphatic heterocycles. The lowest BCUT2D eigenvalue weighted by Gasteiger charge is -2.12. The van der Waals surface area contributed by atoms with Gasteiger partial charge in [0.1, 0.15) is 12.1 Å². The van der Waals surface area contributed by atoms with Crippen LogP contribution in [0.1, 0.15) is 31.1 Å². The molecule has 2 heterocycles. The van der Waals surface area contributed by atoms with Crippen molar-refractivity contribution in [1.82, 2.24) is 20.2 Å². The van der Waals surface area contributed by atoms with Crippen LogP contribution in [-0.2, 0) is 6.42 Å². The van der Waals surface area contributed by atoms with E-state index in [1.54, 1.807) is 12.5 Å². The molecule has 0 saturated carbocycles. The summed E-state index contributed by atoms with van der Waals surface area (Å²) < 4.78 is 0. The molecule has 2 N–H and O–H groups in total. The molecular weight excluding hydrogens is 202 g/mol. The fraction of sp³-hybridized carbons (Fsp3) is 0.364. The van der Waals surface area contributed by atoms with Crippen molar-refractivity contribution in [3.05, 3.63) is 36.0 Å². The first-order valence-corrected chi connectivity index (χ1v) is 5.35. The second-order valence-corrected chi connectivity index (χ2v) is 3.65. The average Bonchev–Trinajstić information content (AvgIpc) is 2.83. The van der Waals surface area contributed by atoms with Gasteiger partial charge in [0.05, 0.1) is 12.2 Å². The minimum absolute atomic E-state index is 0.179. The number of aryl methyl sites for hydroxylation is 1. The minimum Gasteiger partial charge on any atom is -0.363 e. The van der Waals surface area contributed by atoms with Crippen molar-refractivity contribution in [2.45, 2.75) is 26.3 Å². The molecule has 1 unspecified atom stereocenters. The van der Waals surface area contributed by atoms with Crippen LogP contribution in [0.25, 0.3) is 0 Å². The molecule has 1 atom stereocenters. The summed E-state index contributed by atoms with van der Waals surface area (Å²) in [5.41, 5.74) is 2.15. The second-order valence-electron chi connectivity index (χ2n) is 3.65. The normalized spacial score (nSPS) is 12.4. The molecule has 0 spiro atoms. The van der Waals surface area contributed by atoms with Crippen molar-refractivity contribution in [3.63, 3.8) is 0 Å². The van der Waals surface area contributed by atoms with Gasteiger partial charge in [-0.1, -0.05) is 6.92 Å². The number of H-pyrrole nitrogens is 1. The average molecular weight is 217 g/mol. The van der Waals surface area contributed by atoms with E-state index in [0.717, 1.165) is 23.5 Å². The Morgan fingerprint density at radius 2 is 2.31 bits per heavy atom. The lowest BCUT2D eigenvalue weighted by molar-refractivity contribution is 0.867. The summed E-state index contributed by atoms with van der Waals surface area (Å²) in [7, 11) is 0. The topological polar surface area (TPSA) is 66.5 Å². The number of hydrogen-bond donors (Lipinski definition) is 2. The first-order valence-electron chi connectivity index (χ1n) is 5.35. The highest BCUT2D eigenvalue weighted by Crippen LogP contribution is 2.16. The summed E-state index contributed by atoms with van der Waals surface area (Å²) in [6.07, 6.45) is 6.18. The molecule has 0 fully saturated rings. The van der Waals surface area contributed by atoms with Gasteiger partial charge in [-0.15, -0.1) is 0 Å². The highest BCUT2D eigenvalue weighted by atomic mass is 15.1. The molecule has 84 valence electrons. The molecule has 0 aromatic carbocycles. The van der Waals surface area contributed by atoms with Crippen LogP contribution >= 0.6 is 0 Å². The number of anilines is 1. The standard InChI is InChI=1S/C11H15N5/c1-3-10-4-11(13-7-12-10)16-8(2)9-5-14-15-6-9/h4-8H,3H2,1-2H3,(H,14,15)(H,12,13,16). The van der Waals surface area contributed by atoms with Crippen LogP contribution < -0.4 is 5.32 Å². The molecule has 16 heavy (non-hydrogen) atoms. The third kappa shape index (κ3) is 2.36. The molecule has 5 heteroatoms. The van der Waals surface area contributed by atoms with Gasteiger partial charge in [-0.3, -0.25) is 5.10 Å². The third-order valence-corrected chi connectivity index (χ3v) is 2.47. The zero-order chi connectivity index (χ0) is 11.4. The van der Waals surface area contributed by atoms with Gasteiger partial charge >= 0.3 is 0 Å². The molecule has 0 aliphatic rings. The number of rotatable bonds is 4. The van der Waals surface area contributed by atoms with Crippen molar-refractivity contribution in [2.75, 3.05) is 5.32 Å². The Labute approximate surface area is 94.3 Å². The fourth-order valence-electron chi connectivity index (χ4n) is 1.47. The monoisotopic (exact) mass is 217 g/mol. The lowest BCUT2D eigenvalue weighted by atomic mass is 10.2. The van der Waals surface area contributed by atoms with Crippen LogP contribution in [0, 0.1) is 0 Å². The molecule has 0 radical (unpaired) electrons. The molecule has 2 rings (SSSR count). The number of hydrogen-bond acceptors (Lipinski definition) is 4. The summed E-state index contributed by atoms with van der Waals surface area (Å²) >= 11 is 0. The third-order valence-electron chi connectivity index (χ3n) is 2.47. The summed E-state index contributed by atoms with van der Waals surface area (Å²) in [5.74, 6) is 0.848. The Morgan fingerprint density at radius 3 is 3.00 bits per heavy atom. The lowest BCUT2D eigenvalue weighted by Crippen LogP contribution is -2.07. The van der Waals surface area contributed by atoms with Crippen molar-refractivity contribution >= 4 is 5.82 Å². The number of nitrogens with zero attached hydrogens (tertiary/aromatic N) is 3. The SMILES string of the molecule is CCc1cc(NC(C)c2cn[nH]c2)ncn1. The molecular formula is C11H15N5. The Bertz CT molecular complexity index is 437. The molecule has 2 aromatic rings. The highest BCUT2D eigenvalue weighted by molar-refractivity contribution is 5.37. The molecule has 0 amide bonds. The highest BCUT2D eigenvalue weighted by Gasteiger charge is 2.07. The van der Waals surface area contributed by atoms with E-state index in [1.807, 2.05) is 12.3 Å². The quantitative estimate of drug-likeness (QED) is 0.821. The van der Waals surface area contributed by atoms with Crippen molar-refractivity contribution in [3.8, 4) is 0 Å². The van der Waals surface area contributed by atoms with Gasteiger partial charge in [-0.05, 0) is 13.3 Å². The summed E-state index contributed by atoms with van der Waals surface area (Å²) in [4.78, 5) is 8.34. The summed E-state index contributed by atoms with van der Waals surface area (Å²) in [6, 6.07) is 2.15. The maximum absolute atomic E-state index is 4.18. The van der Waals surface area contributed by atoms with Gasteiger partial charge in [0.25, 0.3) is 0 Å². The smallest absolute Gasteiger partial charge is 0.130 e. The second kappa shape index (κ2) is 4.74. The molecule has 5 nitrogen and oxygen atoms in total. The van der Waals surface area contributed by atoms with Crippen molar-refractivity contribution < 1.29 is 0 Å². The first-order chi connectivity index (χ1) is 7.79. The van der Waals surface area contributed by atoms with E-state index in [9.17, 15) is 0 Å². The Kier molecular flexibility index (Phi) is 3.14. The van der Waals surface area contributed by atoms with Gasteiger partial charge in [-0.25, -0.2) is 9.97 Å². The van der Waals surface area contributed by atoms with Gasteiger partial charge in [-0.2, -0.15) is 5.10 Å². The molecule has 0 bridgehead atoms. The number of aromatic nitrogens is 4. The van der Waals surface area contributed by atoms with E-state index >= 15 is 0 Å². The molecule has 0 saturated heterocycles. The van der Waals surface area contributed by atoms with Crippen LogP contribution in [0.15, 0.2) is 24.8 Å². The van der Waals surface area contributed by atoms with E-state index in [1.165, 1.54) is 0 Å². The van der Waals surface area contributed by atoms with E-state index < -0.39 is 0 Å². The van der Waals surface area contributed by atoms with E-state index in [2.05, 4.69) is 39.3 Å². The predicted octanol–water partition coefficient (Wildman–Crippen LogP) is 1.94. The maximum atomic E-state index is 4.18. The van der Waals surface area contributed by atoms with Crippen LogP contribution in [0.3, 0.4) is 0 Å². The number of aromatic amines is 1. The van der Waals surface area contributed by atoms with Gasteiger partial charge in [0, 0.05) is 23.5 Å². The molecule has 0 aliphatic carbocycles. The summed E-state index contributed by atoms with van der Waals surface area (Å²) in [5, 5.41) is 10.0. The van der Waals surface area contributed by atoms with Crippen LogP contribution in [0.5, 0.6) is 0 Å². The first kappa shape index (κ1) is 10.6. The Balaban J connectivity index is 2.08. The predicted molar refractivity (Wildman–Crippen MR) is 62.0 cm³/mol. The van der Waals surface area contributed by atoms with Crippen molar-refractivity contribution in [1.29, 1.82) is 0 Å². The largest absolute Gasteiger partial charge is 0.363 e. The molecule has 2 aromatic heterocycles. The summed E-state index contributed by atoms with van der Waals surface area (Å²) in [6.45, 7) is 4.14. The Morgan fingerprint density at radius 1 is 1.44 bits per heavy atom. The fourth-order valence-corrected chi connectivity index (χ4v) is 1.47. The van der Waals surface area contributed by atoms with Crippen LogP contribution in [-0.4, -0.2) is 20.2 Å². The number of nitrogens with one attached hydrogen (secondary N) is 2. The minimum atomic E-state index is 0.179. The van der Waals surface area contributed by atoms with E-state index in [0.29, 0.717) is 0 Å². The Hall–Kier alpha value is -1.91. The van der Waals surface area contributed by atoms with Gasteiger partial charge < -0.3 is 5.32 Å². The van der Waals surface area contributed by atoms with E-state index in [4.69, 9.17) is 0 Å². The maximum Gasteiger partial charge on any atom is 0.130 e. The zero-order valence-corrected chi connectivity index (χ0v) is 9.44. The zero-order valence-electron chi connectivity index (χ0n) is 9.44. The van der Waals surface area contributed by atoms with Crippen LogP contribution in [0.2, 0.25) is 0 Å².